The zero-order valence-corrected chi connectivity index (χ0v) is 15.4. The number of carbonyl (C=O) groups excluding carboxylic acids is 1. The largest absolute Gasteiger partial charge is 0.425 e. The van der Waals surface area contributed by atoms with E-state index in [0.29, 0.717) is 18.1 Å². The van der Waals surface area contributed by atoms with Crippen molar-refractivity contribution in [2.24, 2.45) is 5.92 Å². The van der Waals surface area contributed by atoms with Gasteiger partial charge >= 0.3 is 5.97 Å². The lowest BCUT2D eigenvalue weighted by Gasteiger charge is -2.28. The molecule has 1 aliphatic heterocycles. The van der Waals surface area contributed by atoms with E-state index in [4.69, 9.17) is 14.7 Å². The number of benzene rings is 3. The molecule has 0 amide bonds. The van der Waals surface area contributed by atoms with Gasteiger partial charge in [-0.15, -0.1) is 0 Å². The van der Waals surface area contributed by atoms with Gasteiger partial charge in [0.25, 0.3) is 0 Å². The zero-order valence-electron chi connectivity index (χ0n) is 15.4. The molecule has 4 heteroatoms. The molecule has 4 aromatic rings. The predicted molar refractivity (Wildman–Crippen MR) is 107 cm³/mol. The lowest BCUT2D eigenvalue weighted by Crippen LogP contribution is -2.22. The molecule has 0 saturated heterocycles. The molecule has 0 spiro atoms. The van der Waals surface area contributed by atoms with Crippen molar-refractivity contribution >= 4 is 38.8 Å². The summed E-state index contributed by atoms with van der Waals surface area (Å²) in [5, 5.41) is 1.91. The molecule has 5 rings (SSSR count). The van der Waals surface area contributed by atoms with Crippen molar-refractivity contribution in [3.63, 3.8) is 0 Å². The van der Waals surface area contributed by atoms with E-state index in [0.717, 1.165) is 44.8 Å². The van der Waals surface area contributed by atoms with Gasteiger partial charge in [0.05, 0.1) is 28.5 Å². The lowest BCUT2D eigenvalue weighted by molar-refractivity contribution is -0.135. The van der Waals surface area contributed by atoms with Crippen molar-refractivity contribution in [1.82, 2.24) is 9.97 Å². The van der Waals surface area contributed by atoms with E-state index >= 15 is 0 Å². The van der Waals surface area contributed by atoms with Crippen LogP contribution in [0.2, 0.25) is 0 Å². The quantitative estimate of drug-likeness (QED) is 0.210. The third kappa shape index (κ3) is 2.55. The highest BCUT2D eigenvalue weighted by Gasteiger charge is 2.32. The summed E-state index contributed by atoms with van der Waals surface area (Å²) in [6.07, 6.45) is 1.32. The molecule has 1 aromatic heterocycles. The van der Waals surface area contributed by atoms with E-state index in [1.807, 2.05) is 48.5 Å². The third-order valence-corrected chi connectivity index (χ3v) is 5.29. The van der Waals surface area contributed by atoms with E-state index < -0.39 is 0 Å². The van der Waals surface area contributed by atoms with Gasteiger partial charge in [0.2, 0.25) is 0 Å². The van der Waals surface area contributed by atoms with Crippen LogP contribution in [0.3, 0.4) is 0 Å². The first-order chi connectivity index (χ1) is 13.1. The highest BCUT2D eigenvalue weighted by atomic mass is 16.5. The molecule has 0 fully saturated rings. The van der Waals surface area contributed by atoms with Crippen LogP contribution in [0.15, 0.2) is 48.5 Å². The zero-order chi connectivity index (χ0) is 18.5. The van der Waals surface area contributed by atoms with Crippen LogP contribution in [0.1, 0.15) is 38.2 Å². The molecule has 2 heterocycles. The van der Waals surface area contributed by atoms with Crippen LogP contribution in [-0.4, -0.2) is 15.9 Å². The van der Waals surface area contributed by atoms with Crippen LogP contribution in [0.5, 0.6) is 5.75 Å². The Balaban J connectivity index is 1.96. The molecule has 0 N–H and O–H groups in total. The molecule has 0 radical (unpaired) electrons. The molecule has 0 bridgehead atoms. The number of hydrogen-bond acceptors (Lipinski definition) is 4. The average Bonchev–Trinajstić information content (AvgIpc) is 2.66. The summed E-state index contributed by atoms with van der Waals surface area (Å²) in [5.74, 6) is 1.09. The minimum atomic E-state index is -0.161. The van der Waals surface area contributed by atoms with Gasteiger partial charge < -0.3 is 4.74 Å². The number of rotatable bonds is 2. The molecule has 4 nitrogen and oxygen atoms in total. The Morgan fingerprint density at radius 2 is 1.59 bits per heavy atom. The summed E-state index contributed by atoms with van der Waals surface area (Å²) < 4.78 is 5.77. The second kappa shape index (κ2) is 6.02. The average molecular weight is 356 g/mol. The molecule has 3 aromatic carbocycles. The topological polar surface area (TPSA) is 52.1 Å². The fraction of sp³-hybridized carbons (Fsp3) is 0.261. The number of fused-ring (bicyclic) bond motifs is 7. The Bertz CT molecular complexity index is 1210. The van der Waals surface area contributed by atoms with Gasteiger partial charge in [0.15, 0.2) is 0 Å². The molecule has 0 saturated carbocycles. The number of nitrogens with zero attached hydrogens (tertiary/aromatic N) is 2. The van der Waals surface area contributed by atoms with Gasteiger partial charge in [-0.1, -0.05) is 50.2 Å². The Morgan fingerprint density at radius 3 is 2.30 bits per heavy atom. The van der Waals surface area contributed by atoms with Crippen LogP contribution in [-0.2, 0) is 4.79 Å². The van der Waals surface area contributed by atoms with E-state index in [2.05, 4.69) is 13.8 Å². The summed E-state index contributed by atoms with van der Waals surface area (Å²) in [5.41, 5.74) is 4.52. The molecule has 0 aliphatic carbocycles. The molecule has 27 heavy (non-hydrogen) atoms. The highest BCUT2D eigenvalue weighted by molar-refractivity contribution is 6.12. The van der Waals surface area contributed by atoms with Gasteiger partial charge in [-0.2, -0.15) is 0 Å². The van der Waals surface area contributed by atoms with E-state index in [9.17, 15) is 4.79 Å². The summed E-state index contributed by atoms with van der Waals surface area (Å²) in [7, 11) is 0. The number of aromatic nitrogens is 2. The monoisotopic (exact) mass is 356 g/mol. The van der Waals surface area contributed by atoms with Gasteiger partial charge in [-0.05, 0) is 24.5 Å². The van der Waals surface area contributed by atoms with Crippen LogP contribution < -0.4 is 4.74 Å². The number of esters is 1. The number of para-hydroxylation sites is 2. The Morgan fingerprint density at radius 1 is 0.963 bits per heavy atom. The van der Waals surface area contributed by atoms with Gasteiger partial charge in [0, 0.05) is 22.3 Å². The Labute approximate surface area is 157 Å². The molecular formula is C23H20N2O2. The van der Waals surface area contributed by atoms with Crippen molar-refractivity contribution in [3.8, 4) is 5.75 Å². The summed E-state index contributed by atoms with van der Waals surface area (Å²) in [6, 6.07) is 15.9. The van der Waals surface area contributed by atoms with Gasteiger partial charge in [0.1, 0.15) is 5.75 Å². The summed E-state index contributed by atoms with van der Waals surface area (Å²) >= 11 is 0. The SMILES string of the molecule is CC(C)C[C@@H]1CC(=O)Oc2c1c1nc3ccccc3nc1c1ccccc21. The molecule has 1 aliphatic rings. The van der Waals surface area contributed by atoms with E-state index in [1.54, 1.807) is 0 Å². The van der Waals surface area contributed by atoms with Crippen LogP contribution >= 0.6 is 0 Å². The Kier molecular flexibility index (Phi) is 3.61. The second-order valence-electron chi connectivity index (χ2n) is 7.70. The molecule has 134 valence electrons. The number of ether oxygens (including phenoxy) is 1. The first kappa shape index (κ1) is 16.2. The van der Waals surface area contributed by atoms with Gasteiger partial charge in [-0.25, -0.2) is 9.97 Å². The summed E-state index contributed by atoms with van der Waals surface area (Å²) in [4.78, 5) is 22.3. The van der Waals surface area contributed by atoms with Crippen LogP contribution in [0, 0.1) is 5.92 Å². The van der Waals surface area contributed by atoms with Crippen molar-refractivity contribution < 1.29 is 9.53 Å². The highest BCUT2D eigenvalue weighted by Crippen LogP contribution is 2.46. The Hall–Kier alpha value is -3.01. The fourth-order valence-corrected chi connectivity index (χ4v) is 4.23. The van der Waals surface area contributed by atoms with Crippen molar-refractivity contribution in [1.29, 1.82) is 0 Å². The van der Waals surface area contributed by atoms with E-state index in [1.165, 1.54) is 0 Å². The van der Waals surface area contributed by atoms with Gasteiger partial charge in [-0.3, -0.25) is 4.79 Å². The number of carbonyl (C=O) groups is 1. The third-order valence-electron chi connectivity index (χ3n) is 5.29. The van der Waals surface area contributed by atoms with Crippen molar-refractivity contribution in [3.05, 3.63) is 54.1 Å². The maximum atomic E-state index is 12.4. The van der Waals surface area contributed by atoms with Crippen LogP contribution in [0.4, 0.5) is 0 Å². The molecular weight excluding hydrogens is 336 g/mol. The second-order valence-corrected chi connectivity index (χ2v) is 7.70. The maximum Gasteiger partial charge on any atom is 0.311 e. The molecule has 1 atom stereocenters. The minimum Gasteiger partial charge on any atom is -0.425 e. The lowest BCUT2D eigenvalue weighted by atomic mass is 9.83. The van der Waals surface area contributed by atoms with Crippen molar-refractivity contribution in [2.75, 3.05) is 0 Å². The smallest absolute Gasteiger partial charge is 0.311 e. The first-order valence-corrected chi connectivity index (χ1v) is 9.43. The fourth-order valence-electron chi connectivity index (χ4n) is 4.23. The standard InChI is InChI=1S/C23H20N2O2/c1-13(2)11-14-12-19(26)27-23-16-8-4-3-7-15(16)21-22(20(14)23)25-18-10-6-5-9-17(18)24-21/h3-10,13-14H,11-12H2,1-2H3/t14-/m1/s1. The normalized spacial score (nSPS) is 16.9. The number of hydrogen-bond donors (Lipinski definition) is 0. The minimum absolute atomic E-state index is 0.101. The summed E-state index contributed by atoms with van der Waals surface area (Å²) in [6.45, 7) is 4.37. The van der Waals surface area contributed by atoms with Crippen molar-refractivity contribution in [2.45, 2.75) is 32.6 Å². The van der Waals surface area contributed by atoms with Crippen LogP contribution in [0.25, 0.3) is 32.8 Å². The predicted octanol–water partition coefficient (Wildman–Crippen LogP) is 5.38. The van der Waals surface area contributed by atoms with E-state index in [-0.39, 0.29) is 11.9 Å². The molecule has 0 unspecified atom stereocenters. The first-order valence-electron chi connectivity index (χ1n) is 9.43. The maximum absolute atomic E-state index is 12.4.